The first-order chi connectivity index (χ1) is 8.13. The van der Waals surface area contributed by atoms with E-state index in [0.29, 0.717) is 12.1 Å². The van der Waals surface area contributed by atoms with E-state index in [4.69, 9.17) is 5.73 Å². The van der Waals surface area contributed by atoms with Gasteiger partial charge in [-0.25, -0.2) is 4.98 Å². The van der Waals surface area contributed by atoms with Crippen molar-refractivity contribution in [2.45, 2.75) is 13.3 Å². The van der Waals surface area contributed by atoms with E-state index in [-0.39, 0.29) is 5.91 Å². The highest BCUT2D eigenvalue weighted by molar-refractivity contribution is 7.09. The van der Waals surface area contributed by atoms with E-state index in [2.05, 4.69) is 10.3 Å². The number of anilines is 2. The smallest absolute Gasteiger partial charge is 0.230 e. The van der Waals surface area contributed by atoms with E-state index in [9.17, 15) is 4.79 Å². The van der Waals surface area contributed by atoms with Gasteiger partial charge in [0, 0.05) is 16.8 Å². The summed E-state index contributed by atoms with van der Waals surface area (Å²) in [6.07, 6.45) is 0.300. The van der Waals surface area contributed by atoms with Crippen molar-refractivity contribution in [2.24, 2.45) is 0 Å². The summed E-state index contributed by atoms with van der Waals surface area (Å²) in [5.74, 6) is -0.0694. The van der Waals surface area contributed by atoms with E-state index in [0.717, 1.165) is 16.4 Å². The summed E-state index contributed by atoms with van der Waals surface area (Å²) < 4.78 is 0. The second-order valence-corrected chi connectivity index (χ2v) is 4.77. The number of nitrogens with two attached hydrogens (primary N) is 1. The molecule has 0 aliphatic carbocycles. The van der Waals surface area contributed by atoms with Gasteiger partial charge in [-0.05, 0) is 31.2 Å². The van der Waals surface area contributed by atoms with Gasteiger partial charge in [-0.1, -0.05) is 0 Å². The topological polar surface area (TPSA) is 68.0 Å². The van der Waals surface area contributed by atoms with Crippen LogP contribution in [0, 0.1) is 6.92 Å². The Labute approximate surface area is 103 Å². The molecule has 0 radical (unpaired) electrons. The van der Waals surface area contributed by atoms with Gasteiger partial charge in [-0.2, -0.15) is 0 Å². The molecule has 0 unspecified atom stereocenters. The van der Waals surface area contributed by atoms with Gasteiger partial charge in [0.2, 0.25) is 5.91 Å². The second kappa shape index (κ2) is 4.97. The summed E-state index contributed by atoms with van der Waals surface area (Å²) in [5, 5.41) is 5.67. The molecule has 0 bridgehead atoms. The van der Waals surface area contributed by atoms with Crippen molar-refractivity contribution in [1.82, 2.24) is 4.98 Å². The first-order valence-corrected chi connectivity index (χ1v) is 6.08. The second-order valence-electron chi connectivity index (χ2n) is 3.70. The summed E-state index contributed by atoms with van der Waals surface area (Å²) in [6, 6.07) is 7.06. The van der Waals surface area contributed by atoms with Gasteiger partial charge in [0.15, 0.2) is 0 Å². The van der Waals surface area contributed by atoms with Crippen molar-refractivity contribution in [1.29, 1.82) is 0 Å². The highest BCUT2D eigenvalue weighted by Gasteiger charge is 2.06. The number of nitrogen functional groups attached to an aromatic ring is 1. The number of nitrogens with one attached hydrogen (secondary N) is 1. The van der Waals surface area contributed by atoms with Crippen LogP contribution in [0.25, 0.3) is 0 Å². The summed E-state index contributed by atoms with van der Waals surface area (Å²) >= 11 is 1.55. The van der Waals surface area contributed by atoms with Crippen LogP contribution in [0.3, 0.4) is 0 Å². The summed E-state index contributed by atoms with van der Waals surface area (Å²) in [7, 11) is 0. The number of benzene rings is 1. The standard InChI is InChI=1S/C12H13N3OS/c1-8-14-11(7-17-8)6-12(16)15-10-4-2-9(13)3-5-10/h2-5,7H,6,13H2,1H3,(H,15,16). The molecule has 2 aromatic rings. The number of hydrogen-bond acceptors (Lipinski definition) is 4. The largest absolute Gasteiger partial charge is 0.399 e. The molecule has 1 amide bonds. The van der Waals surface area contributed by atoms with Crippen LogP contribution in [0.1, 0.15) is 10.7 Å². The minimum Gasteiger partial charge on any atom is -0.399 e. The summed E-state index contributed by atoms with van der Waals surface area (Å²) in [4.78, 5) is 15.9. The van der Waals surface area contributed by atoms with Crippen LogP contribution < -0.4 is 11.1 Å². The molecule has 2 rings (SSSR count). The molecule has 1 heterocycles. The van der Waals surface area contributed by atoms with Crippen LogP contribution in [-0.4, -0.2) is 10.9 Å². The predicted octanol–water partition coefficient (Wildman–Crippen LogP) is 2.21. The number of aromatic nitrogens is 1. The fourth-order valence-electron chi connectivity index (χ4n) is 1.43. The van der Waals surface area contributed by atoms with E-state index in [1.807, 2.05) is 12.3 Å². The quantitative estimate of drug-likeness (QED) is 0.817. The van der Waals surface area contributed by atoms with Crippen molar-refractivity contribution in [3.8, 4) is 0 Å². The fraction of sp³-hybridized carbons (Fsp3) is 0.167. The Kier molecular flexibility index (Phi) is 3.39. The average molecular weight is 247 g/mol. The third-order valence-corrected chi connectivity index (χ3v) is 3.03. The number of carbonyl (C=O) groups is 1. The van der Waals surface area contributed by atoms with Gasteiger partial charge in [0.05, 0.1) is 17.1 Å². The lowest BCUT2D eigenvalue weighted by Crippen LogP contribution is -2.14. The molecule has 1 aromatic carbocycles. The molecule has 0 atom stereocenters. The highest BCUT2D eigenvalue weighted by atomic mass is 32.1. The Morgan fingerprint density at radius 1 is 1.41 bits per heavy atom. The number of hydrogen-bond donors (Lipinski definition) is 2. The van der Waals surface area contributed by atoms with Crippen LogP contribution in [0.5, 0.6) is 0 Å². The molecule has 17 heavy (non-hydrogen) atoms. The molecule has 0 aliphatic rings. The maximum Gasteiger partial charge on any atom is 0.230 e. The van der Waals surface area contributed by atoms with Crippen LogP contribution >= 0.6 is 11.3 Å². The molecule has 88 valence electrons. The molecule has 0 saturated heterocycles. The van der Waals surface area contributed by atoms with Gasteiger partial charge in [0.25, 0.3) is 0 Å². The first-order valence-electron chi connectivity index (χ1n) is 5.20. The summed E-state index contributed by atoms with van der Waals surface area (Å²) in [6.45, 7) is 1.92. The van der Waals surface area contributed by atoms with E-state index < -0.39 is 0 Å². The Morgan fingerprint density at radius 3 is 2.71 bits per heavy atom. The van der Waals surface area contributed by atoms with Crippen molar-refractivity contribution in [2.75, 3.05) is 11.1 Å². The number of carbonyl (C=O) groups excluding carboxylic acids is 1. The Bertz CT molecular complexity index is 519. The molecule has 0 saturated carbocycles. The lowest BCUT2D eigenvalue weighted by Gasteiger charge is -2.04. The maximum atomic E-state index is 11.7. The van der Waals surface area contributed by atoms with Crippen LogP contribution in [-0.2, 0) is 11.2 Å². The molecule has 5 heteroatoms. The fourth-order valence-corrected chi connectivity index (χ4v) is 2.04. The predicted molar refractivity (Wildman–Crippen MR) is 70.0 cm³/mol. The van der Waals surface area contributed by atoms with Crippen LogP contribution in [0.15, 0.2) is 29.6 Å². The molecule has 0 spiro atoms. The minimum absolute atomic E-state index is 0.0694. The monoisotopic (exact) mass is 247 g/mol. The first kappa shape index (κ1) is 11.6. The molecular weight excluding hydrogens is 234 g/mol. The molecule has 4 nitrogen and oxygen atoms in total. The SMILES string of the molecule is Cc1nc(CC(=O)Nc2ccc(N)cc2)cs1. The maximum absolute atomic E-state index is 11.7. The highest BCUT2D eigenvalue weighted by Crippen LogP contribution is 2.12. The number of thiazole rings is 1. The lowest BCUT2D eigenvalue weighted by molar-refractivity contribution is -0.115. The number of amides is 1. The van der Waals surface area contributed by atoms with Crippen molar-refractivity contribution in [3.05, 3.63) is 40.3 Å². The zero-order valence-electron chi connectivity index (χ0n) is 9.43. The molecule has 3 N–H and O–H groups in total. The number of rotatable bonds is 3. The Hall–Kier alpha value is -1.88. The van der Waals surface area contributed by atoms with E-state index in [1.165, 1.54) is 0 Å². The van der Waals surface area contributed by atoms with E-state index in [1.54, 1.807) is 35.6 Å². The van der Waals surface area contributed by atoms with Crippen LogP contribution in [0.4, 0.5) is 11.4 Å². The van der Waals surface area contributed by atoms with Gasteiger partial charge in [-0.15, -0.1) is 11.3 Å². The van der Waals surface area contributed by atoms with Gasteiger partial charge < -0.3 is 11.1 Å². The van der Waals surface area contributed by atoms with Crippen molar-refractivity contribution in [3.63, 3.8) is 0 Å². The minimum atomic E-state index is -0.0694. The zero-order valence-corrected chi connectivity index (χ0v) is 10.3. The average Bonchev–Trinajstić information content (AvgIpc) is 2.67. The Morgan fingerprint density at radius 2 is 2.12 bits per heavy atom. The van der Waals surface area contributed by atoms with Crippen LogP contribution in [0.2, 0.25) is 0 Å². The lowest BCUT2D eigenvalue weighted by atomic mass is 10.2. The van der Waals surface area contributed by atoms with Crippen molar-refractivity contribution < 1.29 is 4.79 Å². The van der Waals surface area contributed by atoms with Gasteiger partial charge in [-0.3, -0.25) is 4.79 Å². The summed E-state index contributed by atoms with van der Waals surface area (Å²) in [5.41, 5.74) is 7.79. The third kappa shape index (κ3) is 3.29. The van der Waals surface area contributed by atoms with Gasteiger partial charge in [0.1, 0.15) is 0 Å². The van der Waals surface area contributed by atoms with Crippen molar-refractivity contribution >= 4 is 28.6 Å². The molecule has 0 fully saturated rings. The normalized spacial score (nSPS) is 10.2. The number of aryl methyl sites for hydroxylation is 1. The van der Waals surface area contributed by atoms with E-state index >= 15 is 0 Å². The zero-order chi connectivity index (χ0) is 12.3. The Balaban J connectivity index is 1.95. The molecule has 0 aliphatic heterocycles. The van der Waals surface area contributed by atoms with Gasteiger partial charge >= 0.3 is 0 Å². The molecule has 1 aromatic heterocycles. The molecular formula is C12H13N3OS. The third-order valence-electron chi connectivity index (χ3n) is 2.20. The number of nitrogens with zero attached hydrogens (tertiary/aromatic N) is 1.